The molecule has 2 N–H and O–H groups in total. The van der Waals surface area contributed by atoms with Gasteiger partial charge in [-0.3, -0.25) is 0 Å². The third-order valence-corrected chi connectivity index (χ3v) is 6.71. The Kier molecular flexibility index (Phi) is 5.62. The molecule has 0 bridgehead atoms. The van der Waals surface area contributed by atoms with Gasteiger partial charge >= 0.3 is 5.97 Å². The summed E-state index contributed by atoms with van der Waals surface area (Å²) >= 11 is 0. The minimum absolute atomic E-state index is 0.0251. The maximum atomic E-state index is 12.0. The fraction of sp³-hybridized carbons (Fsp3) is 0.435. The molecule has 2 aromatic carbocycles. The summed E-state index contributed by atoms with van der Waals surface area (Å²) in [6, 6.07) is 13.3. The van der Waals surface area contributed by atoms with Crippen molar-refractivity contribution >= 4 is 27.2 Å². The van der Waals surface area contributed by atoms with Crippen LogP contribution in [0.15, 0.2) is 47.4 Å². The largest absolute Gasteiger partial charge is 0.467 e. The molecule has 1 aliphatic heterocycles. The van der Waals surface area contributed by atoms with Gasteiger partial charge in [0.05, 0.1) is 18.0 Å². The highest BCUT2D eigenvalue weighted by Gasteiger charge is 2.36. The highest BCUT2D eigenvalue weighted by molar-refractivity contribution is 7.90. The van der Waals surface area contributed by atoms with Crippen LogP contribution in [-0.2, 0) is 25.8 Å². The van der Waals surface area contributed by atoms with E-state index >= 15 is 0 Å². The average Bonchev–Trinajstić information content (AvgIpc) is 2.64. The molecule has 0 saturated carbocycles. The van der Waals surface area contributed by atoms with Gasteiger partial charge in [-0.05, 0) is 67.1 Å². The van der Waals surface area contributed by atoms with Gasteiger partial charge in [0, 0.05) is 17.6 Å². The van der Waals surface area contributed by atoms with E-state index in [0.29, 0.717) is 4.90 Å². The molecule has 0 spiro atoms. The van der Waals surface area contributed by atoms with E-state index in [1.165, 1.54) is 13.4 Å². The molecule has 162 valence electrons. The van der Waals surface area contributed by atoms with Gasteiger partial charge in [-0.1, -0.05) is 26.0 Å². The number of anilines is 2. The summed E-state index contributed by atoms with van der Waals surface area (Å²) in [5.74, 6) is -0.334. The number of methoxy groups -OCH3 is 1. The summed E-state index contributed by atoms with van der Waals surface area (Å²) in [5.41, 5.74) is 2.86. The topological polar surface area (TPSA) is 84.5 Å². The molecule has 30 heavy (non-hydrogen) atoms. The second-order valence-electron chi connectivity index (χ2n) is 9.20. The van der Waals surface area contributed by atoms with Crippen LogP contribution < -0.4 is 10.6 Å². The number of esters is 1. The van der Waals surface area contributed by atoms with Crippen LogP contribution in [0.3, 0.4) is 0 Å². The van der Waals surface area contributed by atoms with Crippen LogP contribution in [0.5, 0.6) is 0 Å². The van der Waals surface area contributed by atoms with Crippen LogP contribution in [0.2, 0.25) is 0 Å². The van der Waals surface area contributed by atoms with Gasteiger partial charge in [0.1, 0.15) is 5.54 Å². The van der Waals surface area contributed by atoms with Gasteiger partial charge in [-0.15, -0.1) is 0 Å². The Bertz CT molecular complexity index is 1070. The lowest BCUT2D eigenvalue weighted by atomic mass is 9.73. The second-order valence-corrected chi connectivity index (χ2v) is 11.2. The quantitative estimate of drug-likeness (QED) is 0.692. The number of carbonyl (C=O) groups excluding carboxylic acids is 1. The van der Waals surface area contributed by atoms with E-state index in [1.54, 1.807) is 26.0 Å². The molecule has 2 aromatic rings. The third kappa shape index (κ3) is 4.46. The molecular weight excluding hydrogens is 400 g/mol. The highest BCUT2D eigenvalue weighted by atomic mass is 32.2. The van der Waals surface area contributed by atoms with E-state index in [2.05, 4.69) is 30.5 Å². The average molecular weight is 431 g/mol. The summed E-state index contributed by atoms with van der Waals surface area (Å²) in [5, 5.41) is 6.84. The molecule has 1 aliphatic rings. The Morgan fingerprint density at radius 2 is 1.90 bits per heavy atom. The lowest BCUT2D eigenvalue weighted by Crippen LogP contribution is -2.41. The van der Waals surface area contributed by atoms with Gasteiger partial charge in [0.15, 0.2) is 9.84 Å². The van der Waals surface area contributed by atoms with Gasteiger partial charge in [0.25, 0.3) is 0 Å². The number of sulfone groups is 1. The maximum absolute atomic E-state index is 12.0. The first-order chi connectivity index (χ1) is 13.8. The standard InChI is InChI=1S/C23H30N2O4S/c1-22(2)14-16-13-18(30(6,27)28)10-11-19(16)24-20(22)15-8-7-9-17(12-15)25-23(3,4)21(26)29-5/h7-13,20,24-25H,14H2,1-6H3. The summed E-state index contributed by atoms with van der Waals surface area (Å²) in [4.78, 5) is 12.4. The number of benzene rings is 2. The molecule has 1 unspecified atom stereocenters. The lowest BCUT2D eigenvalue weighted by Gasteiger charge is -2.41. The number of fused-ring (bicyclic) bond motifs is 1. The zero-order chi connectivity index (χ0) is 22.3. The van der Waals surface area contributed by atoms with Crippen molar-refractivity contribution in [2.24, 2.45) is 5.41 Å². The van der Waals surface area contributed by atoms with E-state index in [1.807, 2.05) is 24.3 Å². The predicted octanol–water partition coefficient (Wildman–Crippen LogP) is 4.19. The Labute approximate surface area is 178 Å². The van der Waals surface area contributed by atoms with E-state index in [4.69, 9.17) is 4.74 Å². The number of hydrogen-bond donors (Lipinski definition) is 2. The minimum Gasteiger partial charge on any atom is -0.467 e. The summed E-state index contributed by atoms with van der Waals surface area (Å²) in [7, 11) is -1.87. The number of carbonyl (C=O) groups is 1. The first-order valence-electron chi connectivity index (χ1n) is 9.89. The smallest absolute Gasteiger partial charge is 0.330 e. The summed E-state index contributed by atoms with van der Waals surface area (Å²) < 4.78 is 28.7. The van der Waals surface area contributed by atoms with Crippen molar-refractivity contribution in [3.63, 3.8) is 0 Å². The molecule has 0 aromatic heterocycles. The number of hydrogen-bond acceptors (Lipinski definition) is 6. The molecular formula is C23H30N2O4S. The summed E-state index contributed by atoms with van der Waals surface area (Å²) in [6.45, 7) is 7.90. The highest BCUT2D eigenvalue weighted by Crippen LogP contribution is 2.45. The van der Waals surface area contributed by atoms with Crippen LogP contribution in [0.1, 0.15) is 44.9 Å². The number of nitrogens with one attached hydrogen (secondary N) is 2. The Morgan fingerprint density at radius 3 is 2.53 bits per heavy atom. The lowest BCUT2D eigenvalue weighted by molar-refractivity contribution is -0.144. The molecule has 0 saturated heterocycles. The molecule has 0 fully saturated rings. The molecule has 1 heterocycles. The van der Waals surface area contributed by atoms with Crippen molar-refractivity contribution in [1.82, 2.24) is 0 Å². The first kappa shape index (κ1) is 22.2. The SMILES string of the molecule is COC(=O)C(C)(C)Nc1cccc(C2Nc3ccc(S(C)(=O)=O)cc3CC2(C)C)c1. The van der Waals surface area contributed by atoms with Crippen molar-refractivity contribution in [2.75, 3.05) is 24.0 Å². The Morgan fingerprint density at radius 1 is 1.20 bits per heavy atom. The molecule has 0 aliphatic carbocycles. The molecule has 7 heteroatoms. The molecule has 6 nitrogen and oxygen atoms in total. The fourth-order valence-corrected chi connectivity index (χ4v) is 4.70. The first-order valence-corrected chi connectivity index (χ1v) is 11.8. The number of ether oxygens (including phenoxy) is 1. The van der Waals surface area contributed by atoms with E-state index in [9.17, 15) is 13.2 Å². The second kappa shape index (κ2) is 7.61. The zero-order valence-electron chi connectivity index (χ0n) is 18.4. The van der Waals surface area contributed by atoms with Crippen molar-refractivity contribution in [3.05, 3.63) is 53.6 Å². The number of rotatable bonds is 5. The van der Waals surface area contributed by atoms with Gasteiger partial charge in [-0.25, -0.2) is 13.2 Å². The minimum atomic E-state index is -3.25. The summed E-state index contributed by atoms with van der Waals surface area (Å²) in [6.07, 6.45) is 1.97. The van der Waals surface area contributed by atoms with Crippen molar-refractivity contribution in [3.8, 4) is 0 Å². The van der Waals surface area contributed by atoms with Crippen LogP contribution in [-0.4, -0.2) is 33.3 Å². The maximum Gasteiger partial charge on any atom is 0.330 e. The van der Waals surface area contributed by atoms with Gasteiger partial charge in [-0.2, -0.15) is 0 Å². The normalized spacial score (nSPS) is 18.1. The van der Waals surface area contributed by atoms with Crippen LogP contribution >= 0.6 is 0 Å². The van der Waals surface area contributed by atoms with E-state index in [-0.39, 0.29) is 17.4 Å². The monoisotopic (exact) mass is 430 g/mol. The predicted molar refractivity (Wildman–Crippen MR) is 120 cm³/mol. The molecule has 1 atom stereocenters. The fourth-order valence-electron chi connectivity index (χ4n) is 4.03. The Hall–Kier alpha value is -2.54. The van der Waals surface area contributed by atoms with Crippen molar-refractivity contribution in [1.29, 1.82) is 0 Å². The van der Waals surface area contributed by atoms with E-state index in [0.717, 1.165) is 28.9 Å². The zero-order valence-corrected chi connectivity index (χ0v) is 19.2. The molecule has 0 radical (unpaired) electrons. The third-order valence-electron chi connectivity index (χ3n) is 5.60. The van der Waals surface area contributed by atoms with Crippen LogP contribution in [0.25, 0.3) is 0 Å². The van der Waals surface area contributed by atoms with Crippen LogP contribution in [0.4, 0.5) is 11.4 Å². The van der Waals surface area contributed by atoms with Crippen LogP contribution in [0, 0.1) is 5.41 Å². The van der Waals surface area contributed by atoms with E-state index < -0.39 is 15.4 Å². The van der Waals surface area contributed by atoms with Gasteiger partial charge < -0.3 is 15.4 Å². The van der Waals surface area contributed by atoms with Crippen molar-refractivity contribution in [2.45, 2.75) is 50.6 Å². The Balaban J connectivity index is 1.92. The molecule has 3 rings (SSSR count). The van der Waals surface area contributed by atoms with Gasteiger partial charge in [0.2, 0.25) is 0 Å². The molecule has 0 amide bonds. The van der Waals surface area contributed by atoms with Crippen molar-refractivity contribution < 1.29 is 17.9 Å².